The molecule has 2 nitrogen and oxygen atoms in total. The summed E-state index contributed by atoms with van der Waals surface area (Å²) in [6.07, 6.45) is 29.1. The Labute approximate surface area is 309 Å². The van der Waals surface area contributed by atoms with E-state index in [2.05, 4.69) is 108 Å². The smallest absolute Gasteiger partial charge is 0.348 e. The van der Waals surface area contributed by atoms with Crippen LogP contribution in [0.15, 0.2) is 60.2 Å². The molecule has 0 spiro atoms. The molecule has 2 aromatic carbocycles. The van der Waals surface area contributed by atoms with E-state index in [9.17, 15) is 0 Å². The Morgan fingerprint density at radius 2 is 1.12 bits per heavy atom. The van der Waals surface area contributed by atoms with Gasteiger partial charge in [-0.1, -0.05) is 173 Å². The van der Waals surface area contributed by atoms with Gasteiger partial charge >= 0.3 is 16.5 Å². The van der Waals surface area contributed by atoms with Crippen molar-refractivity contribution >= 4 is 11.4 Å². The van der Waals surface area contributed by atoms with Crippen molar-refractivity contribution in [1.29, 1.82) is 0 Å². The molecule has 0 heterocycles. The molecule has 0 aromatic heterocycles. The molecule has 3 heteroatoms. The SMILES string of the molecule is CCCCCCC(C=C=[N+]=[N-])=C(c1ccc(CCCCC)cc1)c1cccc(CCCC)c1.[CH2-]CCCCCC.[CH2-]CCCCCC.[Ni+2]. The van der Waals surface area contributed by atoms with Gasteiger partial charge in [0.2, 0.25) is 0 Å². The first-order valence-corrected chi connectivity index (χ1v) is 19.5. The molecule has 272 valence electrons. The van der Waals surface area contributed by atoms with Crippen molar-refractivity contribution in [3.63, 3.8) is 0 Å². The first kappa shape index (κ1) is 47.9. The Kier molecular flexibility index (Phi) is 36.1. The minimum absolute atomic E-state index is 0. The Morgan fingerprint density at radius 1 is 0.604 bits per heavy atom. The molecular weight excluding hydrogens is 627 g/mol. The fourth-order valence-corrected chi connectivity index (χ4v) is 5.54. The van der Waals surface area contributed by atoms with E-state index in [4.69, 9.17) is 5.53 Å². The normalized spacial score (nSPS) is 10.6. The van der Waals surface area contributed by atoms with Crippen molar-refractivity contribution in [2.75, 3.05) is 0 Å². The molecule has 0 N–H and O–H groups in total. The van der Waals surface area contributed by atoms with Gasteiger partial charge in [-0.25, -0.2) is 0 Å². The molecule has 0 bridgehead atoms. The summed E-state index contributed by atoms with van der Waals surface area (Å²) in [6, 6.07) is 18.1. The van der Waals surface area contributed by atoms with E-state index in [0.29, 0.717) is 0 Å². The van der Waals surface area contributed by atoms with Crippen LogP contribution in [0.5, 0.6) is 0 Å². The fourth-order valence-electron chi connectivity index (χ4n) is 5.54. The second kappa shape index (κ2) is 36.1. The van der Waals surface area contributed by atoms with Crippen LogP contribution >= 0.6 is 0 Å². The van der Waals surface area contributed by atoms with Crippen molar-refractivity contribution in [2.24, 2.45) is 0 Å². The van der Waals surface area contributed by atoms with E-state index >= 15 is 0 Å². The molecule has 2 aromatic rings. The minimum atomic E-state index is 0. The van der Waals surface area contributed by atoms with Gasteiger partial charge in [0.25, 0.3) is 5.87 Å². The van der Waals surface area contributed by atoms with Crippen LogP contribution in [-0.2, 0) is 29.3 Å². The average molecular weight is 700 g/mol. The van der Waals surface area contributed by atoms with Gasteiger partial charge in [0.05, 0.1) is 6.08 Å². The van der Waals surface area contributed by atoms with Crippen LogP contribution in [0.1, 0.15) is 185 Å². The first-order valence-electron chi connectivity index (χ1n) is 19.5. The van der Waals surface area contributed by atoms with E-state index < -0.39 is 0 Å². The van der Waals surface area contributed by atoms with Gasteiger partial charge in [-0.05, 0) is 71.9 Å². The fraction of sp³-hybridized carbons (Fsp3) is 0.600. The molecule has 0 fully saturated rings. The van der Waals surface area contributed by atoms with Gasteiger partial charge in [-0.2, -0.15) is 12.8 Å². The Hall–Kier alpha value is -2.17. The van der Waals surface area contributed by atoms with Crippen molar-refractivity contribution in [1.82, 2.24) is 0 Å². The van der Waals surface area contributed by atoms with Gasteiger partial charge in [0.1, 0.15) is 0 Å². The third-order valence-electron chi connectivity index (χ3n) is 8.47. The van der Waals surface area contributed by atoms with Gasteiger partial charge in [-0.3, -0.25) is 0 Å². The molecule has 0 unspecified atom stereocenters. The van der Waals surface area contributed by atoms with Crippen LogP contribution in [-0.4, -0.2) is 10.7 Å². The molecule has 0 aliphatic heterocycles. The van der Waals surface area contributed by atoms with Crippen LogP contribution in [0.2, 0.25) is 0 Å². The van der Waals surface area contributed by atoms with Crippen LogP contribution in [0.25, 0.3) is 11.1 Å². The standard InChI is InChI=1S/C31H42N2.2C7H15.Ni/c1-4-7-10-12-17-28(23-24-33-32)31(30-18-13-16-27(25-30)14-9-6-3)29-21-19-26(20-22-29)15-11-8-5-2;2*1-3-5-7-6-4-2;/h13,16,18-23,25H,4-12,14-15,17H2,1-3H3;2*1,3-7H2,2H3;/q;2*-1;+2. The molecule has 0 aliphatic carbocycles. The Balaban J connectivity index is 0. The van der Waals surface area contributed by atoms with Crippen LogP contribution in [0, 0.1) is 13.8 Å². The van der Waals surface area contributed by atoms with E-state index in [-0.39, 0.29) is 16.5 Å². The molecule has 48 heavy (non-hydrogen) atoms. The van der Waals surface area contributed by atoms with Gasteiger partial charge in [0, 0.05) is 0 Å². The summed E-state index contributed by atoms with van der Waals surface area (Å²) in [4.78, 5) is 3.16. The molecular formula is C45H72N2Ni. The topological polar surface area (TPSA) is 36.4 Å². The van der Waals surface area contributed by atoms with Crippen LogP contribution in [0.3, 0.4) is 0 Å². The second-order valence-corrected chi connectivity index (χ2v) is 12.9. The van der Waals surface area contributed by atoms with E-state index in [1.807, 2.05) is 6.08 Å². The monoisotopic (exact) mass is 699 g/mol. The number of unbranched alkanes of at least 4 members (excludes halogenated alkanes) is 14. The maximum atomic E-state index is 9.09. The Morgan fingerprint density at radius 3 is 1.65 bits per heavy atom. The third-order valence-corrected chi connectivity index (χ3v) is 8.47. The average Bonchev–Trinajstić information content (AvgIpc) is 3.10. The van der Waals surface area contributed by atoms with Crippen molar-refractivity contribution < 1.29 is 21.3 Å². The summed E-state index contributed by atoms with van der Waals surface area (Å²) in [7, 11) is 0. The number of hydrogen-bond acceptors (Lipinski definition) is 0. The van der Waals surface area contributed by atoms with E-state index in [1.54, 1.807) is 0 Å². The molecule has 0 amide bonds. The Bertz CT molecular complexity index is 1090. The zero-order valence-electron chi connectivity index (χ0n) is 31.9. The number of nitrogens with zero attached hydrogens (tertiary/aromatic N) is 2. The summed E-state index contributed by atoms with van der Waals surface area (Å²) in [5, 5.41) is 0. The van der Waals surface area contributed by atoms with Gasteiger partial charge in [-0.15, -0.1) is 4.79 Å². The van der Waals surface area contributed by atoms with Crippen LogP contribution in [0.4, 0.5) is 0 Å². The molecule has 0 saturated heterocycles. The first-order chi connectivity index (χ1) is 23.1. The van der Waals surface area contributed by atoms with Crippen molar-refractivity contribution in [3.05, 3.63) is 102 Å². The van der Waals surface area contributed by atoms with Gasteiger partial charge in [0.15, 0.2) is 0 Å². The molecule has 0 radical (unpaired) electrons. The third kappa shape index (κ3) is 24.9. The van der Waals surface area contributed by atoms with Crippen LogP contribution < -0.4 is 0 Å². The molecule has 0 atom stereocenters. The number of hydrogen-bond donors (Lipinski definition) is 0. The maximum Gasteiger partial charge on any atom is 2.00 e. The van der Waals surface area contributed by atoms with Crippen molar-refractivity contribution in [2.45, 2.75) is 176 Å². The summed E-state index contributed by atoms with van der Waals surface area (Å²) in [6.45, 7) is 18.7. The number of rotatable bonds is 23. The van der Waals surface area contributed by atoms with E-state index in [1.165, 1.54) is 136 Å². The quantitative estimate of drug-likeness (QED) is 0.0211. The predicted octanol–water partition coefficient (Wildman–Crippen LogP) is 14.6. The summed E-state index contributed by atoms with van der Waals surface area (Å²) in [5.41, 5.74) is 16.8. The summed E-state index contributed by atoms with van der Waals surface area (Å²) in [5.74, 6) is 2.70. The minimum Gasteiger partial charge on any atom is -0.348 e. The maximum absolute atomic E-state index is 9.09. The van der Waals surface area contributed by atoms with Gasteiger partial charge < -0.3 is 19.4 Å². The molecule has 0 saturated carbocycles. The predicted molar refractivity (Wildman–Crippen MR) is 211 cm³/mol. The number of aryl methyl sites for hydroxylation is 2. The van der Waals surface area contributed by atoms with E-state index in [0.717, 1.165) is 38.5 Å². The summed E-state index contributed by atoms with van der Waals surface area (Å²) < 4.78 is 0. The van der Waals surface area contributed by atoms with Crippen molar-refractivity contribution in [3.8, 4) is 0 Å². The zero-order valence-corrected chi connectivity index (χ0v) is 32.9. The summed E-state index contributed by atoms with van der Waals surface area (Å²) >= 11 is 0. The zero-order chi connectivity index (χ0) is 34.8. The molecule has 2 rings (SSSR count). The largest absolute Gasteiger partial charge is 2.00 e. The number of allylic oxidation sites excluding steroid dienone is 2. The molecule has 0 aliphatic rings. The number of benzene rings is 2. The second-order valence-electron chi connectivity index (χ2n) is 12.9.